The van der Waals surface area contributed by atoms with Crippen LogP contribution in [-0.4, -0.2) is 48.4 Å². The second kappa shape index (κ2) is 7.21. The number of ether oxygens (including phenoxy) is 1. The van der Waals surface area contributed by atoms with Crippen LogP contribution in [0, 0.1) is 5.82 Å². The maximum atomic E-state index is 13.4. The zero-order valence-corrected chi connectivity index (χ0v) is 11.2. The predicted octanol–water partition coefficient (Wildman–Crippen LogP) is 1.83. The summed E-state index contributed by atoms with van der Waals surface area (Å²) in [6, 6.07) is 5.80. The van der Waals surface area contributed by atoms with E-state index in [1.165, 1.54) is 12.1 Å². The van der Waals surface area contributed by atoms with Crippen LogP contribution in [0.5, 0.6) is 0 Å². The summed E-state index contributed by atoms with van der Waals surface area (Å²) in [6.45, 7) is 1.47. The number of para-hydroxylation sites is 1. The van der Waals surface area contributed by atoms with Crippen molar-refractivity contribution in [3.8, 4) is 0 Å². The Balaban J connectivity index is 1.82. The molecule has 2 rings (SSSR count). The molecule has 2 amide bonds. The number of aliphatic hydroxyl groups excluding tert-OH is 1. The van der Waals surface area contributed by atoms with E-state index in [0.29, 0.717) is 19.7 Å². The molecule has 0 spiro atoms. The van der Waals surface area contributed by atoms with Gasteiger partial charge in [0.05, 0.1) is 25.0 Å². The molecule has 2 N–H and O–H groups in total. The summed E-state index contributed by atoms with van der Waals surface area (Å²) in [5.41, 5.74) is 0.191. The molecule has 1 aliphatic rings. The highest BCUT2D eigenvalue weighted by atomic mass is 19.1. The first-order chi connectivity index (χ1) is 9.70. The number of halogens is 1. The molecular weight excluding hydrogens is 263 g/mol. The van der Waals surface area contributed by atoms with Crippen LogP contribution in [0.2, 0.25) is 0 Å². The van der Waals surface area contributed by atoms with Crippen molar-refractivity contribution in [2.45, 2.75) is 18.9 Å². The van der Waals surface area contributed by atoms with Gasteiger partial charge in [-0.3, -0.25) is 0 Å². The standard InChI is InChI=1S/C14H19FN2O3/c15-12-3-1-2-4-13(12)16-14(19)17-7-5-11(6-8-17)20-10-9-18/h1-4,11,18H,5-10H2,(H,16,19). The molecule has 0 saturated carbocycles. The number of hydrogen-bond donors (Lipinski definition) is 2. The van der Waals surface area contributed by atoms with Crippen molar-refractivity contribution in [3.05, 3.63) is 30.1 Å². The molecule has 0 aromatic heterocycles. The number of hydrogen-bond acceptors (Lipinski definition) is 3. The molecule has 1 saturated heterocycles. The van der Waals surface area contributed by atoms with E-state index in [2.05, 4.69) is 5.32 Å². The van der Waals surface area contributed by atoms with Crippen molar-refractivity contribution in [1.82, 2.24) is 4.90 Å². The summed E-state index contributed by atoms with van der Waals surface area (Å²) in [5.74, 6) is -0.443. The first kappa shape index (κ1) is 14.7. The van der Waals surface area contributed by atoms with E-state index in [-0.39, 0.29) is 24.4 Å². The van der Waals surface area contributed by atoms with Crippen LogP contribution in [0.15, 0.2) is 24.3 Å². The van der Waals surface area contributed by atoms with Gasteiger partial charge in [0.15, 0.2) is 0 Å². The third-order valence-corrected chi connectivity index (χ3v) is 3.29. The lowest BCUT2D eigenvalue weighted by Crippen LogP contribution is -2.43. The Morgan fingerprint density at radius 1 is 1.40 bits per heavy atom. The zero-order valence-electron chi connectivity index (χ0n) is 11.2. The number of nitrogens with zero attached hydrogens (tertiary/aromatic N) is 1. The number of urea groups is 1. The maximum absolute atomic E-state index is 13.4. The van der Waals surface area contributed by atoms with Gasteiger partial charge in [0.2, 0.25) is 0 Å². The molecule has 1 aliphatic heterocycles. The number of nitrogens with one attached hydrogen (secondary N) is 1. The quantitative estimate of drug-likeness (QED) is 0.885. The number of likely N-dealkylation sites (tertiary alicyclic amines) is 1. The summed E-state index contributed by atoms with van der Waals surface area (Å²) in [5, 5.41) is 11.3. The third kappa shape index (κ3) is 3.91. The lowest BCUT2D eigenvalue weighted by molar-refractivity contribution is -0.000880. The Kier molecular flexibility index (Phi) is 5.31. The monoisotopic (exact) mass is 282 g/mol. The van der Waals surface area contributed by atoms with Crippen LogP contribution in [0.25, 0.3) is 0 Å². The van der Waals surface area contributed by atoms with E-state index in [9.17, 15) is 9.18 Å². The highest BCUT2D eigenvalue weighted by Crippen LogP contribution is 2.17. The second-order valence-corrected chi connectivity index (χ2v) is 4.69. The maximum Gasteiger partial charge on any atom is 0.321 e. The average Bonchev–Trinajstić information content (AvgIpc) is 2.48. The summed E-state index contributed by atoms with van der Waals surface area (Å²) in [6.07, 6.45) is 1.54. The van der Waals surface area contributed by atoms with Crippen LogP contribution in [0.1, 0.15) is 12.8 Å². The molecule has 1 aromatic carbocycles. The van der Waals surface area contributed by atoms with Crippen LogP contribution >= 0.6 is 0 Å². The molecule has 110 valence electrons. The number of amides is 2. The van der Waals surface area contributed by atoms with Crippen molar-refractivity contribution in [2.24, 2.45) is 0 Å². The molecule has 0 aliphatic carbocycles. The zero-order chi connectivity index (χ0) is 14.4. The van der Waals surface area contributed by atoms with Gasteiger partial charge >= 0.3 is 6.03 Å². The van der Waals surface area contributed by atoms with Gasteiger partial charge in [-0.05, 0) is 25.0 Å². The minimum absolute atomic E-state index is 0.00792. The van der Waals surface area contributed by atoms with E-state index in [0.717, 1.165) is 12.8 Å². The van der Waals surface area contributed by atoms with E-state index < -0.39 is 5.82 Å². The molecule has 5 nitrogen and oxygen atoms in total. The number of carbonyl (C=O) groups excluding carboxylic acids is 1. The van der Waals surface area contributed by atoms with E-state index in [1.54, 1.807) is 17.0 Å². The van der Waals surface area contributed by atoms with Gasteiger partial charge in [0.1, 0.15) is 5.82 Å². The first-order valence-electron chi connectivity index (χ1n) is 6.73. The first-order valence-corrected chi connectivity index (χ1v) is 6.73. The van der Waals surface area contributed by atoms with Gasteiger partial charge in [0.25, 0.3) is 0 Å². The Labute approximate surface area is 117 Å². The van der Waals surface area contributed by atoms with E-state index in [1.807, 2.05) is 0 Å². The van der Waals surface area contributed by atoms with Crippen molar-refractivity contribution in [3.63, 3.8) is 0 Å². The fourth-order valence-electron chi connectivity index (χ4n) is 2.20. The number of benzene rings is 1. The van der Waals surface area contributed by atoms with Crippen LogP contribution < -0.4 is 5.32 Å². The van der Waals surface area contributed by atoms with Gasteiger partial charge in [-0.15, -0.1) is 0 Å². The van der Waals surface area contributed by atoms with Gasteiger partial charge in [-0.1, -0.05) is 12.1 Å². The number of piperidine rings is 1. The summed E-state index contributed by atoms with van der Waals surface area (Å²) in [7, 11) is 0. The Morgan fingerprint density at radius 2 is 2.10 bits per heavy atom. The SMILES string of the molecule is O=C(Nc1ccccc1F)N1CCC(OCCO)CC1. The molecule has 0 bridgehead atoms. The fourth-order valence-corrected chi connectivity index (χ4v) is 2.20. The number of aliphatic hydroxyl groups is 1. The van der Waals surface area contributed by atoms with Crippen molar-refractivity contribution >= 4 is 11.7 Å². The molecule has 1 aromatic rings. The third-order valence-electron chi connectivity index (χ3n) is 3.29. The molecule has 0 unspecified atom stereocenters. The molecule has 20 heavy (non-hydrogen) atoms. The summed E-state index contributed by atoms with van der Waals surface area (Å²) >= 11 is 0. The van der Waals surface area contributed by atoms with Crippen LogP contribution in [0.3, 0.4) is 0 Å². The van der Waals surface area contributed by atoms with Crippen LogP contribution in [-0.2, 0) is 4.74 Å². The number of rotatable bonds is 4. The Morgan fingerprint density at radius 3 is 2.75 bits per heavy atom. The Hall–Kier alpha value is -1.66. The predicted molar refractivity (Wildman–Crippen MR) is 73.1 cm³/mol. The van der Waals surface area contributed by atoms with Crippen molar-refractivity contribution in [2.75, 3.05) is 31.6 Å². The highest BCUT2D eigenvalue weighted by Gasteiger charge is 2.23. The average molecular weight is 282 g/mol. The summed E-state index contributed by atoms with van der Waals surface area (Å²) < 4.78 is 18.9. The Bertz CT molecular complexity index is 448. The lowest BCUT2D eigenvalue weighted by atomic mass is 10.1. The van der Waals surface area contributed by atoms with Gasteiger partial charge in [-0.25, -0.2) is 9.18 Å². The highest BCUT2D eigenvalue weighted by molar-refractivity contribution is 5.89. The fraction of sp³-hybridized carbons (Fsp3) is 0.500. The van der Waals surface area contributed by atoms with E-state index in [4.69, 9.17) is 9.84 Å². The van der Waals surface area contributed by atoms with Crippen molar-refractivity contribution < 1.29 is 19.0 Å². The number of anilines is 1. The van der Waals surface area contributed by atoms with Gasteiger partial charge < -0.3 is 20.1 Å². The number of carbonyl (C=O) groups is 1. The second-order valence-electron chi connectivity index (χ2n) is 4.69. The molecule has 0 atom stereocenters. The molecule has 0 radical (unpaired) electrons. The molecule has 1 fully saturated rings. The minimum Gasteiger partial charge on any atom is -0.394 e. The topological polar surface area (TPSA) is 61.8 Å². The normalized spacial score (nSPS) is 16.2. The molecule has 6 heteroatoms. The lowest BCUT2D eigenvalue weighted by Gasteiger charge is -2.31. The van der Waals surface area contributed by atoms with E-state index >= 15 is 0 Å². The molecule has 1 heterocycles. The van der Waals surface area contributed by atoms with Gasteiger partial charge in [0, 0.05) is 13.1 Å². The van der Waals surface area contributed by atoms with Crippen LogP contribution in [0.4, 0.5) is 14.9 Å². The molecular formula is C14H19FN2O3. The minimum atomic E-state index is -0.443. The largest absolute Gasteiger partial charge is 0.394 e. The summed E-state index contributed by atoms with van der Waals surface area (Å²) in [4.78, 5) is 13.7. The van der Waals surface area contributed by atoms with Crippen molar-refractivity contribution in [1.29, 1.82) is 0 Å². The smallest absolute Gasteiger partial charge is 0.321 e. The van der Waals surface area contributed by atoms with Gasteiger partial charge in [-0.2, -0.15) is 0 Å².